The average molecular weight is 1640 g/mol. The molecule has 600 valence electrons. The summed E-state index contributed by atoms with van der Waals surface area (Å²) in [5, 5.41) is 19.1. The first-order chi connectivity index (χ1) is 53.9. The Morgan fingerprint density at radius 1 is 0.504 bits per heavy atom. The SMILES string of the molecule is CC(C)(C)OC(=O)Nc1ccc(C(=O)O)cc1.CN(C)C/C=C/C(=O)Cl.CN(C)C/C=C/C(=O)Nc1ccc(C(=O)N2CC[C@@H](Cc3ncc(Cl)cn3)C2)cc1.Cc1ccc(C(=O)N2CC[C@@H](Cc3ncc(Cl)cn3)C2)cc1.Clc1cnc(C[C@@H]2CCNC2)nc1.Nc1ccc(C(=O)N2CC[C@@H](Cc3ncc(Cl)cn3)C2)cc1. The molecule has 26 nitrogen and oxygen atoms in total. The van der Waals surface area contributed by atoms with Gasteiger partial charge in [0, 0.05) is 167 Å². The lowest BCUT2D eigenvalue weighted by Gasteiger charge is -2.19. The highest BCUT2D eigenvalue weighted by Gasteiger charge is 2.31. The Kier molecular flexibility index (Phi) is 37.0. The molecule has 4 atom stereocenters. The van der Waals surface area contributed by atoms with E-state index in [9.17, 15) is 33.6 Å². The van der Waals surface area contributed by atoms with Crippen molar-refractivity contribution in [3.05, 3.63) is 242 Å². The number of carboxylic acid groups (broad SMARTS) is 1. The number of nitrogens with zero attached hydrogens (tertiary/aromatic N) is 13. The Bertz CT molecular complexity index is 4270. The molecule has 4 aromatic carbocycles. The molecule has 8 heterocycles. The van der Waals surface area contributed by atoms with Gasteiger partial charge in [0.15, 0.2) is 0 Å². The summed E-state index contributed by atoms with van der Waals surface area (Å²) in [6, 6.07) is 27.6. The number of carbonyl (C=O) groups excluding carboxylic acids is 6. The molecule has 4 fully saturated rings. The van der Waals surface area contributed by atoms with Crippen molar-refractivity contribution < 1.29 is 43.4 Å². The van der Waals surface area contributed by atoms with Crippen LogP contribution in [0.1, 0.15) is 117 Å². The third-order valence-electron chi connectivity index (χ3n) is 17.6. The number of anilines is 3. The number of allylic oxidation sites excluding steroid dienone is 1. The van der Waals surface area contributed by atoms with Crippen molar-refractivity contribution in [1.82, 2.24) is 69.7 Å². The van der Waals surface area contributed by atoms with Crippen LogP contribution in [0.2, 0.25) is 20.1 Å². The lowest BCUT2D eigenvalue weighted by Crippen LogP contribution is -2.29. The quantitative estimate of drug-likeness (QED) is 0.0269. The number of aryl methyl sites for hydroxylation is 1. The predicted molar refractivity (Wildman–Crippen MR) is 443 cm³/mol. The van der Waals surface area contributed by atoms with Gasteiger partial charge in [0.1, 0.15) is 28.9 Å². The van der Waals surface area contributed by atoms with Gasteiger partial charge in [-0.2, -0.15) is 0 Å². The summed E-state index contributed by atoms with van der Waals surface area (Å²) in [6.07, 6.45) is 26.1. The number of rotatable bonds is 20. The molecule has 4 saturated heterocycles. The van der Waals surface area contributed by atoms with E-state index in [1.807, 2.05) is 83.9 Å². The molecule has 4 aromatic heterocycles. The van der Waals surface area contributed by atoms with Crippen molar-refractivity contribution in [2.45, 2.75) is 84.7 Å². The van der Waals surface area contributed by atoms with E-state index in [4.69, 9.17) is 73.6 Å². The van der Waals surface area contributed by atoms with Crippen LogP contribution in [-0.2, 0) is 40.0 Å². The molecule has 0 aliphatic carbocycles. The second-order valence-electron chi connectivity index (χ2n) is 28.9. The van der Waals surface area contributed by atoms with Crippen LogP contribution in [0.15, 0.2) is 171 Å². The van der Waals surface area contributed by atoms with Crippen molar-refractivity contribution in [3.8, 4) is 0 Å². The van der Waals surface area contributed by atoms with Gasteiger partial charge in [0.25, 0.3) is 17.7 Å². The maximum Gasteiger partial charge on any atom is 0.412 e. The smallest absolute Gasteiger partial charge is 0.412 e. The molecule has 31 heteroatoms. The van der Waals surface area contributed by atoms with Gasteiger partial charge in [-0.3, -0.25) is 29.3 Å². The van der Waals surface area contributed by atoms with Crippen LogP contribution in [0.5, 0.6) is 0 Å². The number of nitrogen functional groups attached to an aromatic ring is 1. The fourth-order valence-corrected chi connectivity index (χ4v) is 12.3. The third-order valence-corrected chi connectivity index (χ3v) is 18.5. The monoisotopic (exact) mass is 1640 g/mol. The highest BCUT2D eigenvalue weighted by Crippen LogP contribution is 2.26. The fourth-order valence-electron chi connectivity index (χ4n) is 11.8. The number of hydrogen-bond donors (Lipinski definition) is 5. The van der Waals surface area contributed by atoms with E-state index in [0.717, 1.165) is 125 Å². The predicted octanol–water partition coefficient (Wildman–Crippen LogP) is 13.3. The maximum atomic E-state index is 12.8. The number of carboxylic acids is 1. The van der Waals surface area contributed by atoms with E-state index < -0.39 is 22.9 Å². The van der Waals surface area contributed by atoms with E-state index >= 15 is 0 Å². The summed E-state index contributed by atoms with van der Waals surface area (Å²) in [4.78, 5) is 125. The molecule has 0 saturated carbocycles. The molecule has 5 amide bonds. The van der Waals surface area contributed by atoms with Crippen LogP contribution < -0.4 is 21.7 Å². The highest BCUT2D eigenvalue weighted by molar-refractivity contribution is 6.66. The van der Waals surface area contributed by atoms with Crippen LogP contribution in [0.25, 0.3) is 0 Å². The molecular weight excluding hydrogens is 1540 g/mol. The second kappa shape index (κ2) is 46.3. The molecule has 8 aromatic rings. The Hall–Kier alpha value is -9.90. The maximum absolute atomic E-state index is 12.8. The molecule has 12 rings (SSSR count). The number of benzene rings is 4. The molecule has 4 aliphatic rings. The zero-order valence-corrected chi connectivity index (χ0v) is 68.5. The van der Waals surface area contributed by atoms with E-state index in [1.54, 1.807) is 131 Å². The zero-order valence-electron chi connectivity index (χ0n) is 64.7. The van der Waals surface area contributed by atoms with Crippen LogP contribution in [0.3, 0.4) is 0 Å². The third kappa shape index (κ3) is 34.1. The minimum atomic E-state index is -1.01. The summed E-state index contributed by atoms with van der Waals surface area (Å²) in [6.45, 7) is 15.4. The number of nitrogens with one attached hydrogen (secondary N) is 3. The molecule has 0 unspecified atom stereocenters. The van der Waals surface area contributed by atoms with Gasteiger partial charge in [-0.15, -0.1) is 0 Å². The van der Waals surface area contributed by atoms with Crippen molar-refractivity contribution in [1.29, 1.82) is 0 Å². The fraction of sp³-hybridized carbons (Fsp3) is 0.378. The van der Waals surface area contributed by atoms with Crippen LogP contribution in [-0.4, -0.2) is 210 Å². The van der Waals surface area contributed by atoms with Gasteiger partial charge in [-0.05, 0) is 221 Å². The minimum Gasteiger partial charge on any atom is -0.478 e. The Labute approximate surface area is 685 Å². The number of likely N-dealkylation sites (N-methyl/N-ethyl adjacent to an activating group) is 2. The summed E-state index contributed by atoms with van der Waals surface area (Å²) < 4.78 is 5.05. The molecule has 0 spiro atoms. The number of hydrogen-bond acceptors (Lipinski definition) is 20. The number of nitrogens with two attached hydrogens (primary N) is 1. The van der Waals surface area contributed by atoms with Gasteiger partial charge >= 0.3 is 12.1 Å². The number of likely N-dealkylation sites (tertiary alicyclic amines) is 3. The van der Waals surface area contributed by atoms with E-state index in [-0.39, 0.29) is 29.2 Å². The molecule has 4 aliphatic heterocycles. The van der Waals surface area contributed by atoms with Gasteiger partial charge in [-0.25, -0.2) is 49.5 Å². The molecular formula is C82H98Cl5N17O9. The molecule has 0 radical (unpaired) electrons. The molecule has 0 bridgehead atoms. The summed E-state index contributed by atoms with van der Waals surface area (Å²) in [7, 11) is 7.71. The van der Waals surface area contributed by atoms with Gasteiger partial charge < -0.3 is 50.7 Å². The van der Waals surface area contributed by atoms with Crippen molar-refractivity contribution in [3.63, 3.8) is 0 Å². The summed E-state index contributed by atoms with van der Waals surface area (Å²) >= 11 is 28.1. The first-order valence-electron chi connectivity index (χ1n) is 36.8. The van der Waals surface area contributed by atoms with E-state index in [0.29, 0.717) is 91.6 Å². The number of aromatic nitrogens is 8. The van der Waals surface area contributed by atoms with Gasteiger partial charge in [0.05, 0.1) is 25.7 Å². The van der Waals surface area contributed by atoms with Crippen LogP contribution in [0, 0.1) is 30.6 Å². The van der Waals surface area contributed by atoms with E-state index in [1.165, 1.54) is 42.8 Å². The van der Waals surface area contributed by atoms with Crippen LogP contribution in [0.4, 0.5) is 21.9 Å². The summed E-state index contributed by atoms with van der Waals surface area (Å²) in [5.41, 5.74) is 10.3. The zero-order chi connectivity index (χ0) is 82.0. The van der Waals surface area contributed by atoms with Gasteiger partial charge in [-0.1, -0.05) is 76.3 Å². The van der Waals surface area contributed by atoms with E-state index in [2.05, 4.69) is 55.8 Å². The lowest BCUT2D eigenvalue weighted by molar-refractivity contribution is -0.112. The van der Waals surface area contributed by atoms with Gasteiger partial charge in [0.2, 0.25) is 11.1 Å². The number of ether oxygens (including phenoxy) is 1. The summed E-state index contributed by atoms with van der Waals surface area (Å²) in [5.74, 6) is 4.01. The van der Waals surface area contributed by atoms with Crippen molar-refractivity contribution in [2.24, 2.45) is 23.7 Å². The Morgan fingerprint density at radius 3 is 1.18 bits per heavy atom. The molecule has 6 N–H and O–H groups in total. The lowest BCUT2D eigenvalue weighted by atomic mass is 10.0. The largest absolute Gasteiger partial charge is 0.478 e. The minimum absolute atomic E-state index is 0.00159. The first kappa shape index (κ1) is 90.3. The average Bonchev–Trinajstić information content (AvgIpc) is 1.69. The van der Waals surface area contributed by atoms with Crippen molar-refractivity contribution in [2.75, 3.05) is 110 Å². The number of carbonyl (C=O) groups is 7. The Morgan fingerprint density at radius 2 is 0.841 bits per heavy atom. The second-order valence-corrected chi connectivity index (χ2v) is 31.0. The number of amides is 5. The number of halogens is 5. The molecule has 113 heavy (non-hydrogen) atoms. The first-order valence-corrected chi connectivity index (χ1v) is 38.7. The Balaban J connectivity index is 0.000000194. The number of aromatic carboxylic acids is 1. The topological polar surface area (TPSA) is 330 Å². The van der Waals surface area contributed by atoms with Crippen molar-refractivity contribution >= 4 is 116 Å². The standard InChI is InChI=1S/C22H26ClN5O2.C17H18ClN3O.C16H17ClN4O.C12H15NO4.C9H12ClN3.C6H10ClNO/c1-27(2)10-3-4-21(29)26-19-7-5-17(6-8-19)22(30)28-11-9-16(15-28)12-20-24-13-18(23)14-25-20;1-12-2-4-14(5-3-12)17(22)21-7-6-13(11-21)8-16-19-9-15(18)10-20-16;17-13-8-19-15(20-9-13)7-11-5-6-21(10-11)16(22)12-1-3-14(18)4-2-12;1-12(2,3)17-11(16)13-9-6-4-8(5-7-9)10(14)15;10-8-5-12-9(13-6-8)3-7-1-2-11-4-7;1-8(2)5-3-4-6(7)9/h3-8,13-14,16H,9-12,15H2,1-2H3,(H,26,29);2-5,9-10,13H,6-8,11H2,1H3;1-4,8-9,11H,5-7,10,18H2;4-7H,1-3H3,(H,13,16)(H,14,15);5-7,11H,1-4H2;3-4H,5H2,1-2H3/b4-3+;;;;;4-3+/t16-;13-;11-;;7-;/m000.0./s1. The van der Waals surface area contributed by atoms with Crippen LogP contribution >= 0.6 is 58.0 Å². The highest BCUT2D eigenvalue weighted by atomic mass is 35.5. The normalized spacial score (nSPS) is 16.3.